The Balaban J connectivity index is 1.66. The second-order valence-electron chi connectivity index (χ2n) is 6.24. The Morgan fingerprint density at radius 3 is 2.50 bits per heavy atom. The number of aromatic carboxylic acids is 1. The maximum atomic E-state index is 12.5. The van der Waals surface area contributed by atoms with Crippen LogP contribution in [-0.2, 0) is 7.05 Å². The van der Waals surface area contributed by atoms with E-state index in [1.54, 1.807) is 53.8 Å². The van der Waals surface area contributed by atoms with Crippen molar-refractivity contribution in [2.45, 2.75) is 0 Å². The van der Waals surface area contributed by atoms with Crippen LogP contribution in [0.3, 0.4) is 0 Å². The van der Waals surface area contributed by atoms with Crippen LogP contribution in [0.1, 0.15) is 20.7 Å². The molecule has 2 N–H and O–H groups in total. The molecule has 0 fully saturated rings. The lowest BCUT2D eigenvalue weighted by Crippen LogP contribution is -2.14. The van der Waals surface area contributed by atoms with Gasteiger partial charge in [-0.05, 0) is 24.3 Å². The first-order valence-corrected chi connectivity index (χ1v) is 10.1. The number of carboxylic acid groups (broad SMARTS) is 1. The van der Waals surface area contributed by atoms with Gasteiger partial charge in [-0.2, -0.15) is 10.2 Å². The minimum atomic E-state index is -1.17. The van der Waals surface area contributed by atoms with Gasteiger partial charge in [-0.25, -0.2) is 9.48 Å². The Kier molecular flexibility index (Phi) is 5.33. The number of hydrogen-bond donors (Lipinski definition) is 2. The summed E-state index contributed by atoms with van der Waals surface area (Å²) in [6, 6.07) is 7.08. The standard InChI is InChI=1S/C19H13Cl2N5O3S/c1-25-17(21)13(7-22-25)18(27)24-14-9-30-16(15(14)19(28)29)10-6-23-26(8-10)12-4-2-11(20)3-5-12/h2-9H,1H3,(H,24,27)(H,28,29). The number of amides is 1. The van der Waals surface area contributed by atoms with Crippen molar-refractivity contribution in [2.75, 3.05) is 5.32 Å². The summed E-state index contributed by atoms with van der Waals surface area (Å²) >= 11 is 13.2. The Bertz CT molecular complexity index is 1260. The minimum Gasteiger partial charge on any atom is -0.478 e. The number of nitrogens with zero attached hydrogens (tertiary/aromatic N) is 4. The third-order valence-electron chi connectivity index (χ3n) is 4.30. The number of nitrogens with one attached hydrogen (secondary N) is 1. The van der Waals surface area contributed by atoms with E-state index in [4.69, 9.17) is 23.2 Å². The molecule has 0 aliphatic heterocycles. The van der Waals surface area contributed by atoms with Gasteiger partial charge in [-0.3, -0.25) is 9.48 Å². The molecular weight excluding hydrogens is 449 g/mol. The second kappa shape index (κ2) is 7.94. The lowest BCUT2D eigenvalue weighted by molar-refractivity contribution is 0.0699. The van der Waals surface area contributed by atoms with Crippen LogP contribution >= 0.6 is 34.5 Å². The number of anilines is 1. The number of hydrogen-bond acceptors (Lipinski definition) is 5. The number of carbonyl (C=O) groups is 2. The predicted octanol–water partition coefficient (Wildman–Crippen LogP) is 4.59. The van der Waals surface area contributed by atoms with Crippen molar-refractivity contribution in [2.24, 2.45) is 7.05 Å². The summed E-state index contributed by atoms with van der Waals surface area (Å²) < 4.78 is 2.96. The molecule has 1 amide bonds. The quantitative estimate of drug-likeness (QED) is 0.452. The van der Waals surface area contributed by atoms with Gasteiger partial charge in [-0.15, -0.1) is 11.3 Å². The summed E-state index contributed by atoms with van der Waals surface area (Å²) in [4.78, 5) is 24.9. The van der Waals surface area contributed by atoms with Crippen LogP contribution in [0.5, 0.6) is 0 Å². The van der Waals surface area contributed by atoms with E-state index in [0.717, 1.165) is 5.69 Å². The Labute approximate surface area is 184 Å². The summed E-state index contributed by atoms with van der Waals surface area (Å²) in [7, 11) is 1.60. The fourth-order valence-corrected chi connectivity index (χ4v) is 4.09. The first-order chi connectivity index (χ1) is 14.3. The maximum absolute atomic E-state index is 12.5. The number of rotatable bonds is 5. The molecule has 3 heterocycles. The van der Waals surface area contributed by atoms with Gasteiger partial charge in [0.1, 0.15) is 10.7 Å². The molecule has 30 heavy (non-hydrogen) atoms. The molecule has 0 unspecified atom stereocenters. The summed E-state index contributed by atoms with van der Waals surface area (Å²) in [5.74, 6) is -1.71. The minimum absolute atomic E-state index is 0.0241. The summed E-state index contributed by atoms with van der Waals surface area (Å²) in [6.45, 7) is 0. The highest BCUT2D eigenvalue weighted by Gasteiger charge is 2.24. The molecule has 8 nitrogen and oxygen atoms in total. The lowest BCUT2D eigenvalue weighted by atomic mass is 10.1. The number of benzene rings is 1. The number of thiophene rings is 1. The van der Waals surface area contributed by atoms with Crippen LogP contribution in [0.15, 0.2) is 48.2 Å². The van der Waals surface area contributed by atoms with Gasteiger partial charge in [0.15, 0.2) is 0 Å². The predicted molar refractivity (Wildman–Crippen MR) is 115 cm³/mol. The Morgan fingerprint density at radius 2 is 1.87 bits per heavy atom. The molecule has 0 aliphatic rings. The molecule has 0 saturated heterocycles. The SMILES string of the molecule is Cn1ncc(C(=O)Nc2csc(-c3cnn(-c4ccc(Cl)cc4)c3)c2C(=O)O)c1Cl. The monoisotopic (exact) mass is 461 g/mol. The number of halogens is 2. The molecule has 0 atom stereocenters. The van der Waals surface area contributed by atoms with Crippen LogP contribution < -0.4 is 5.32 Å². The van der Waals surface area contributed by atoms with E-state index in [2.05, 4.69) is 15.5 Å². The normalized spacial score (nSPS) is 10.9. The van der Waals surface area contributed by atoms with Gasteiger partial charge in [0.25, 0.3) is 5.91 Å². The van der Waals surface area contributed by atoms with Crippen molar-refractivity contribution in [3.63, 3.8) is 0 Å². The largest absolute Gasteiger partial charge is 0.478 e. The van der Waals surface area contributed by atoms with E-state index in [1.807, 2.05) is 0 Å². The van der Waals surface area contributed by atoms with Crippen molar-refractivity contribution in [3.8, 4) is 16.1 Å². The molecule has 4 rings (SSSR count). The maximum Gasteiger partial charge on any atom is 0.339 e. The molecule has 3 aromatic heterocycles. The zero-order valence-electron chi connectivity index (χ0n) is 15.3. The molecule has 0 aliphatic carbocycles. The molecule has 152 valence electrons. The highest BCUT2D eigenvalue weighted by atomic mass is 35.5. The smallest absolute Gasteiger partial charge is 0.339 e. The first kappa shape index (κ1) is 20.1. The van der Waals surface area contributed by atoms with Crippen LogP contribution in [0, 0.1) is 0 Å². The van der Waals surface area contributed by atoms with Gasteiger partial charge in [-0.1, -0.05) is 23.2 Å². The fourth-order valence-electron chi connectivity index (χ4n) is 2.81. The zero-order valence-corrected chi connectivity index (χ0v) is 17.7. The van der Waals surface area contributed by atoms with Crippen LogP contribution in [0.25, 0.3) is 16.1 Å². The van der Waals surface area contributed by atoms with E-state index in [-0.39, 0.29) is 22.0 Å². The van der Waals surface area contributed by atoms with E-state index in [1.165, 1.54) is 22.2 Å². The molecule has 0 saturated carbocycles. The van der Waals surface area contributed by atoms with Crippen LogP contribution in [-0.4, -0.2) is 36.5 Å². The average Bonchev–Trinajstić information content (AvgIpc) is 3.42. The zero-order chi connectivity index (χ0) is 21.4. The van der Waals surface area contributed by atoms with Gasteiger partial charge >= 0.3 is 5.97 Å². The molecule has 0 bridgehead atoms. The van der Waals surface area contributed by atoms with Crippen molar-refractivity contribution in [3.05, 3.63) is 69.5 Å². The van der Waals surface area contributed by atoms with E-state index in [0.29, 0.717) is 15.5 Å². The lowest BCUT2D eigenvalue weighted by Gasteiger charge is -2.05. The number of carboxylic acids is 1. The van der Waals surface area contributed by atoms with E-state index >= 15 is 0 Å². The number of aromatic nitrogens is 4. The average molecular weight is 462 g/mol. The van der Waals surface area contributed by atoms with Crippen LogP contribution in [0.2, 0.25) is 10.2 Å². The van der Waals surface area contributed by atoms with E-state index < -0.39 is 11.9 Å². The molecule has 0 spiro atoms. The summed E-state index contributed by atoms with van der Waals surface area (Å²) in [5, 5.41) is 22.9. The van der Waals surface area contributed by atoms with Gasteiger partial charge in [0.05, 0.1) is 34.2 Å². The van der Waals surface area contributed by atoms with Gasteiger partial charge in [0.2, 0.25) is 0 Å². The Hall–Kier alpha value is -3.14. The molecule has 0 radical (unpaired) electrons. The Morgan fingerprint density at radius 1 is 1.13 bits per heavy atom. The number of aryl methyl sites for hydroxylation is 1. The summed E-state index contributed by atoms with van der Waals surface area (Å²) in [6.07, 6.45) is 4.60. The molecule has 1 aromatic carbocycles. The second-order valence-corrected chi connectivity index (χ2v) is 7.91. The third kappa shape index (κ3) is 3.70. The number of carbonyl (C=O) groups excluding carboxylic acids is 1. The van der Waals surface area contributed by atoms with Gasteiger partial charge in [0, 0.05) is 29.2 Å². The highest BCUT2D eigenvalue weighted by Crippen LogP contribution is 2.36. The molecular formula is C19H13Cl2N5O3S. The fraction of sp³-hybridized carbons (Fsp3) is 0.0526. The third-order valence-corrected chi connectivity index (χ3v) is 6.03. The molecule has 4 aromatic rings. The van der Waals surface area contributed by atoms with E-state index in [9.17, 15) is 14.7 Å². The van der Waals surface area contributed by atoms with Crippen molar-refractivity contribution in [1.29, 1.82) is 0 Å². The van der Waals surface area contributed by atoms with Crippen molar-refractivity contribution >= 4 is 52.1 Å². The molecule has 11 heteroatoms. The van der Waals surface area contributed by atoms with Gasteiger partial charge < -0.3 is 10.4 Å². The van der Waals surface area contributed by atoms with Crippen LogP contribution in [0.4, 0.5) is 5.69 Å². The van der Waals surface area contributed by atoms with Crippen molar-refractivity contribution in [1.82, 2.24) is 19.6 Å². The first-order valence-electron chi connectivity index (χ1n) is 8.49. The summed E-state index contributed by atoms with van der Waals surface area (Å²) in [5.41, 5.74) is 1.68. The highest BCUT2D eigenvalue weighted by molar-refractivity contribution is 7.14. The topological polar surface area (TPSA) is 102 Å². The van der Waals surface area contributed by atoms with Crippen molar-refractivity contribution < 1.29 is 14.7 Å².